The smallest absolute Gasteiger partial charge is 0.0879 e. The van der Waals surface area contributed by atoms with Crippen molar-refractivity contribution in [3.63, 3.8) is 0 Å². The van der Waals surface area contributed by atoms with Gasteiger partial charge in [0.25, 0.3) is 0 Å². The highest BCUT2D eigenvalue weighted by Crippen LogP contribution is 2.15. The maximum Gasteiger partial charge on any atom is 0.0879 e. The summed E-state index contributed by atoms with van der Waals surface area (Å²) in [5.74, 6) is 0.529. The summed E-state index contributed by atoms with van der Waals surface area (Å²) in [7, 11) is 0. The Kier molecular flexibility index (Phi) is 4.67. The minimum atomic E-state index is 0.231. The van der Waals surface area contributed by atoms with Crippen LogP contribution < -0.4 is 0 Å². The highest BCUT2D eigenvalue weighted by atomic mass is 16.3. The second kappa shape index (κ2) is 5.00. The van der Waals surface area contributed by atoms with Crippen molar-refractivity contribution < 1.29 is 5.11 Å². The van der Waals surface area contributed by atoms with Gasteiger partial charge in [-0.3, -0.25) is 0 Å². The van der Waals surface area contributed by atoms with Gasteiger partial charge in [-0.15, -0.1) is 6.58 Å². The van der Waals surface area contributed by atoms with Gasteiger partial charge >= 0.3 is 0 Å². The summed E-state index contributed by atoms with van der Waals surface area (Å²) < 4.78 is 0. The summed E-state index contributed by atoms with van der Waals surface area (Å²) in [6.45, 7) is 11.3. The van der Waals surface area contributed by atoms with E-state index in [1.165, 1.54) is 5.57 Å². The van der Waals surface area contributed by atoms with Gasteiger partial charge < -0.3 is 5.11 Å². The molecule has 0 bridgehead atoms. The zero-order valence-electron chi connectivity index (χ0n) is 7.56. The molecule has 1 nitrogen and oxygen atoms in total. The van der Waals surface area contributed by atoms with Gasteiger partial charge in [-0.1, -0.05) is 19.1 Å². The fourth-order valence-corrected chi connectivity index (χ4v) is 0.877. The summed E-state index contributed by atoms with van der Waals surface area (Å²) in [6.07, 6.45) is 3.15. The Balaban J connectivity index is 3.39. The highest BCUT2D eigenvalue weighted by molar-refractivity contribution is 4.90. The molecule has 11 heavy (non-hydrogen) atoms. The first-order chi connectivity index (χ1) is 5.04. The van der Waals surface area contributed by atoms with Crippen LogP contribution in [0.25, 0.3) is 0 Å². The van der Waals surface area contributed by atoms with Gasteiger partial charge in [0.05, 0.1) is 5.76 Å². The molecule has 1 N–H and O–H groups in total. The Hall–Kier alpha value is -0.720. The molecule has 1 unspecified atom stereocenters. The number of hydrogen-bond acceptors (Lipinski definition) is 1. The van der Waals surface area contributed by atoms with E-state index in [-0.39, 0.29) is 5.92 Å². The summed E-state index contributed by atoms with van der Waals surface area (Å²) in [6, 6.07) is 0. The molecule has 64 valence electrons. The van der Waals surface area contributed by atoms with Crippen molar-refractivity contribution in [1.29, 1.82) is 0 Å². The maximum absolute atomic E-state index is 8.97. The fraction of sp³-hybridized carbons (Fsp3) is 0.600. The molecule has 0 aromatic heterocycles. The second-order valence-electron chi connectivity index (χ2n) is 3.24. The Morgan fingerprint density at radius 1 is 1.45 bits per heavy atom. The molecular formula is C10H18O. The van der Waals surface area contributed by atoms with E-state index in [9.17, 15) is 0 Å². The monoisotopic (exact) mass is 154 g/mol. The minimum Gasteiger partial charge on any atom is -0.513 e. The zero-order valence-corrected chi connectivity index (χ0v) is 7.56. The van der Waals surface area contributed by atoms with Crippen LogP contribution in [0.1, 0.15) is 33.1 Å². The van der Waals surface area contributed by atoms with Crippen LogP contribution in [0, 0.1) is 5.92 Å². The van der Waals surface area contributed by atoms with Crippen molar-refractivity contribution >= 4 is 0 Å². The van der Waals surface area contributed by atoms with E-state index < -0.39 is 0 Å². The van der Waals surface area contributed by atoms with Crippen LogP contribution in [-0.2, 0) is 0 Å². The molecule has 0 aliphatic rings. The van der Waals surface area contributed by atoms with Crippen molar-refractivity contribution in [2.75, 3.05) is 0 Å². The van der Waals surface area contributed by atoms with E-state index in [1.807, 2.05) is 13.8 Å². The van der Waals surface area contributed by atoms with Crippen molar-refractivity contribution in [1.82, 2.24) is 0 Å². The van der Waals surface area contributed by atoms with Crippen LogP contribution in [0.5, 0.6) is 0 Å². The van der Waals surface area contributed by atoms with Gasteiger partial charge in [0.2, 0.25) is 0 Å². The number of aliphatic hydroxyl groups is 1. The molecule has 0 spiro atoms. The van der Waals surface area contributed by atoms with E-state index in [0.29, 0.717) is 5.76 Å². The third-order valence-electron chi connectivity index (χ3n) is 1.81. The first-order valence-corrected chi connectivity index (χ1v) is 4.06. The molecule has 0 saturated carbocycles. The molecule has 0 aromatic carbocycles. The Morgan fingerprint density at radius 3 is 2.36 bits per heavy atom. The Bertz CT molecular complexity index is 147. The lowest BCUT2D eigenvalue weighted by Crippen LogP contribution is -1.97. The molecule has 1 heteroatoms. The van der Waals surface area contributed by atoms with Crippen LogP contribution in [-0.4, -0.2) is 5.11 Å². The van der Waals surface area contributed by atoms with Gasteiger partial charge in [-0.2, -0.15) is 0 Å². The van der Waals surface area contributed by atoms with E-state index >= 15 is 0 Å². The van der Waals surface area contributed by atoms with Crippen molar-refractivity contribution in [3.8, 4) is 0 Å². The molecule has 0 heterocycles. The van der Waals surface area contributed by atoms with Gasteiger partial charge in [0.1, 0.15) is 0 Å². The standard InChI is InChI=1S/C10H18O/c1-8(2)6-5-7-9(3)10(4)11/h9,11H,1,4-7H2,2-3H3. The third-order valence-corrected chi connectivity index (χ3v) is 1.81. The Morgan fingerprint density at radius 2 is 2.00 bits per heavy atom. The van der Waals surface area contributed by atoms with Gasteiger partial charge in [-0.25, -0.2) is 0 Å². The third kappa shape index (κ3) is 5.71. The summed E-state index contributed by atoms with van der Waals surface area (Å²) >= 11 is 0. The minimum absolute atomic E-state index is 0.231. The van der Waals surface area contributed by atoms with E-state index in [4.69, 9.17) is 5.11 Å². The molecular weight excluding hydrogens is 136 g/mol. The fourth-order valence-electron chi connectivity index (χ4n) is 0.877. The quantitative estimate of drug-likeness (QED) is 0.475. The SMILES string of the molecule is C=C(C)CCCC(C)C(=C)O. The average molecular weight is 154 g/mol. The molecule has 0 fully saturated rings. The zero-order chi connectivity index (χ0) is 8.85. The van der Waals surface area contributed by atoms with Crippen LogP contribution in [0.15, 0.2) is 24.5 Å². The molecule has 0 amide bonds. The largest absolute Gasteiger partial charge is 0.513 e. The normalized spacial score (nSPS) is 12.5. The van der Waals surface area contributed by atoms with Gasteiger partial charge in [0.15, 0.2) is 0 Å². The van der Waals surface area contributed by atoms with Crippen LogP contribution in [0.3, 0.4) is 0 Å². The van der Waals surface area contributed by atoms with Crippen molar-refractivity contribution in [3.05, 3.63) is 24.5 Å². The van der Waals surface area contributed by atoms with Crippen LogP contribution >= 0.6 is 0 Å². The lowest BCUT2D eigenvalue weighted by molar-refractivity contribution is 0.331. The van der Waals surface area contributed by atoms with E-state index in [1.54, 1.807) is 0 Å². The van der Waals surface area contributed by atoms with Crippen molar-refractivity contribution in [2.45, 2.75) is 33.1 Å². The molecule has 0 aliphatic carbocycles. The van der Waals surface area contributed by atoms with E-state index in [2.05, 4.69) is 13.2 Å². The Labute approximate surface area is 69.4 Å². The number of allylic oxidation sites excluding steroid dienone is 2. The van der Waals surface area contributed by atoms with Gasteiger partial charge in [0, 0.05) is 5.92 Å². The second-order valence-corrected chi connectivity index (χ2v) is 3.24. The lowest BCUT2D eigenvalue weighted by Gasteiger charge is -2.08. The lowest BCUT2D eigenvalue weighted by atomic mass is 10.0. The topological polar surface area (TPSA) is 20.2 Å². The highest BCUT2D eigenvalue weighted by Gasteiger charge is 2.03. The molecule has 0 rings (SSSR count). The molecule has 1 atom stereocenters. The molecule has 0 aliphatic heterocycles. The maximum atomic E-state index is 8.97. The first kappa shape index (κ1) is 10.3. The summed E-state index contributed by atoms with van der Waals surface area (Å²) in [5, 5.41) is 8.97. The molecule has 0 aromatic rings. The first-order valence-electron chi connectivity index (χ1n) is 4.06. The number of rotatable bonds is 5. The molecule has 0 radical (unpaired) electrons. The van der Waals surface area contributed by atoms with Gasteiger partial charge in [-0.05, 0) is 26.2 Å². The average Bonchev–Trinajstić information content (AvgIpc) is 1.86. The molecule has 0 saturated heterocycles. The predicted octanol–water partition coefficient (Wildman–Crippen LogP) is 3.44. The van der Waals surface area contributed by atoms with Crippen molar-refractivity contribution in [2.24, 2.45) is 5.92 Å². The summed E-state index contributed by atoms with van der Waals surface area (Å²) in [4.78, 5) is 0. The number of aliphatic hydroxyl groups excluding tert-OH is 1. The van der Waals surface area contributed by atoms with Crippen LogP contribution in [0.4, 0.5) is 0 Å². The van der Waals surface area contributed by atoms with Crippen LogP contribution in [0.2, 0.25) is 0 Å². The summed E-state index contributed by atoms with van der Waals surface area (Å²) in [5.41, 5.74) is 1.21. The predicted molar refractivity (Wildman–Crippen MR) is 49.6 cm³/mol. The number of hydrogen-bond donors (Lipinski definition) is 1. The van der Waals surface area contributed by atoms with E-state index in [0.717, 1.165) is 19.3 Å².